The van der Waals surface area contributed by atoms with E-state index in [1.807, 2.05) is 11.8 Å². The van der Waals surface area contributed by atoms with Crippen molar-refractivity contribution in [3.63, 3.8) is 0 Å². The number of carbonyl (C=O) groups excluding carboxylic acids is 1. The Morgan fingerprint density at radius 1 is 1.38 bits per heavy atom. The van der Waals surface area contributed by atoms with Crippen molar-refractivity contribution < 1.29 is 4.79 Å². The zero-order valence-corrected chi connectivity index (χ0v) is 14.4. The molecule has 0 N–H and O–H groups in total. The number of imidazole rings is 1. The van der Waals surface area contributed by atoms with Crippen molar-refractivity contribution >= 4 is 23.0 Å². The summed E-state index contributed by atoms with van der Waals surface area (Å²) >= 11 is 1.76. The molecule has 0 radical (unpaired) electrons. The van der Waals surface area contributed by atoms with E-state index in [0.717, 1.165) is 13.0 Å². The van der Waals surface area contributed by atoms with Gasteiger partial charge in [-0.1, -0.05) is 0 Å². The molecule has 1 atom stereocenters. The van der Waals surface area contributed by atoms with Gasteiger partial charge in [-0.25, -0.2) is 4.98 Å². The van der Waals surface area contributed by atoms with E-state index >= 15 is 0 Å². The molecule has 7 heteroatoms. The third kappa shape index (κ3) is 2.36. The van der Waals surface area contributed by atoms with Gasteiger partial charge in [-0.05, 0) is 37.3 Å². The van der Waals surface area contributed by atoms with Crippen LogP contribution in [0.15, 0.2) is 34.7 Å². The van der Waals surface area contributed by atoms with Crippen LogP contribution in [0.3, 0.4) is 0 Å². The van der Waals surface area contributed by atoms with E-state index in [1.54, 1.807) is 35.2 Å². The quantitative estimate of drug-likeness (QED) is 0.716. The zero-order valence-electron chi connectivity index (χ0n) is 13.6. The third-order valence-electron chi connectivity index (χ3n) is 4.56. The van der Waals surface area contributed by atoms with E-state index in [4.69, 9.17) is 0 Å². The van der Waals surface area contributed by atoms with Gasteiger partial charge in [-0.3, -0.25) is 14.0 Å². The predicted molar refractivity (Wildman–Crippen MR) is 92.3 cm³/mol. The lowest BCUT2D eigenvalue weighted by Crippen LogP contribution is -2.39. The molecule has 0 spiro atoms. The molecule has 1 unspecified atom stereocenters. The summed E-state index contributed by atoms with van der Waals surface area (Å²) in [6, 6.07) is 3.19. The number of amides is 1. The SMILES string of the molecule is Cc1cc(=O)n2ccn(C(C)C(=O)N3CCc4sccc4C3)c2n1. The lowest BCUT2D eigenvalue weighted by atomic mass is 10.1. The summed E-state index contributed by atoms with van der Waals surface area (Å²) in [5, 5.41) is 2.08. The van der Waals surface area contributed by atoms with Gasteiger partial charge in [-0.15, -0.1) is 11.3 Å². The van der Waals surface area contributed by atoms with Crippen molar-refractivity contribution in [3.8, 4) is 0 Å². The molecule has 0 saturated carbocycles. The first-order chi connectivity index (χ1) is 11.5. The van der Waals surface area contributed by atoms with Crippen LogP contribution in [0.25, 0.3) is 5.78 Å². The van der Waals surface area contributed by atoms with Gasteiger partial charge in [0.2, 0.25) is 11.7 Å². The molecule has 3 aromatic rings. The lowest BCUT2D eigenvalue weighted by Gasteiger charge is -2.29. The van der Waals surface area contributed by atoms with Crippen LogP contribution in [0.5, 0.6) is 0 Å². The zero-order chi connectivity index (χ0) is 16.8. The molecule has 1 aliphatic heterocycles. The largest absolute Gasteiger partial charge is 0.336 e. The van der Waals surface area contributed by atoms with Crippen LogP contribution in [0.4, 0.5) is 0 Å². The minimum absolute atomic E-state index is 0.0562. The van der Waals surface area contributed by atoms with Gasteiger partial charge in [0.05, 0.1) is 0 Å². The topological polar surface area (TPSA) is 59.6 Å². The summed E-state index contributed by atoms with van der Waals surface area (Å²) in [4.78, 5) is 32.7. The minimum Gasteiger partial charge on any atom is -0.336 e. The maximum atomic E-state index is 12.9. The molecule has 1 amide bonds. The van der Waals surface area contributed by atoms with Gasteiger partial charge in [0.1, 0.15) is 6.04 Å². The van der Waals surface area contributed by atoms with Crippen molar-refractivity contribution in [2.45, 2.75) is 32.9 Å². The molecular formula is C17H18N4O2S. The number of thiophene rings is 1. The van der Waals surface area contributed by atoms with Gasteiger partial charge in [0.25, 0.3) is 5.56 Å². The van der Waals surface area contributed by atoms with E-state index in [1.165, 1.54) is 20.9 Å². The minimum atomic E-state index is -0.399. The predicted octanol–water partition coefficient (Wildman–Crippen LogP) is 2.01. The maximum Gasteiger partial charge on any atom is 0.259 e. The van der Waals surface area contributed by atoms with Crippen molar-refractivity contribution in [2.24, 2.45) is 0 Å². The molecule has 6 nitrogen and oxygen atoms in total. The van der Waals surface area contributed by atoms with E-state index in [2.05, 4.69) is 16.4 Å². The second kappa shape index (κ2) is 5.59. The molecule has 0 bridgehead atoms. The Kier molecular flexibility index (Phi) is 3.53. The molecule has 4 heterocycles. The Morgan fingerprint density at radius 2 is 2.21 bits per heavy atom. The highest BCUT2D eigenvalue weighted by atomic mass is 32.1. The number of nitrogens with zero attached hydrogens (tertiary/aromatic N) is 4. The highest BCUT2D eigenvalue weighted by Crippen LogP contribution is 2.26. The van der Waals surface area contributed by atoms with Crippen molar-refractivity contribution in [3.05, 3.63) is 56.4 Å². The summed E-state index contributed by atoms with van der Waals surface area (Å²) in [5.41, 5.74) is 1.77. The molecule has 124 valence electrons. The fraction of sp³-hybridized carbons (Fsp3) is 0.353. The van der Waals surface area contributed by atoms with Crippen molar-refractivity contribution in [2.75, 3.05) is 6.54 Å². The monoisotopic (exact) mass is 342 g/mol. The number of carbonyl (C=O) groups is 1. The molecule has 24 heavy (non-hydrogen) atoms. The van der Waals surface area contributed by atoms with Crippen LogP contribution in [0.1, 0.15) is 29.1 Å². The summed E-state index contributed by atoms with van der Waals surface area (Å²) in [5.74, 6) is 0.565. The standard InChI is InChI=1S/C17H18N4O2S/c1-11-9-15(22)21-7-6-20(17(21)18-11)12(2)16(23)19-5-3-14-13(10-19)4-8-24-14/h4,6-9,12H,3,5,10H2,1-2H3. The van der Waals surface area contributed by atoms with Crippen LogP contribution < -0.4 is 5.56 Å². The number of fused-ring (bicyclic) bond motifs is 2. The van der Waals surface area contributed by atoms with Gasteiger partial charge >= 0.3 is 0 Å². The second-order valence-corrected chi connectivity index (χ2v) is 7.17. The first-order valence-electron chi connectivity index (χ1n) is 7.95. The van der Waals surface area contributed by atoms with E-state index in [0.29, 0.717) is 18.0 Å². The van der Waals surface area contributed by atoms with Gasteiger partial charge < -0.3 is 9.47 Å². The first kappa shape index (κ1) is 15.1. The molecule has 0 fully saturated rings. The Labute approximate surface area is 143 Å². The van der Waals surface area contributed by atoms with E-state index < -0.39 is 6.04 Å². The Bertz CT molecular complexity index is 984. The van der Waals surface area contributed by atoms with E-state index in [-0.39, 0.29) is 11.5 Å². The number of hydrogen-bond donors (Lipinski definition) is 0. The Hall–Kier alpha value is -2.41. The van der Waals surface area contributed by atoms with Crippen LogP contribution >= 0.6 is 11.3 Å². The number of aromatic nitrogens is 3. The van der Waals surface area contributed by atoms with Gasteiger partial charge in [-0.2, -0.15) is 0 Å². The van der Waals surface area contributed by atoms with Gasteiger partial charge in [0.15, 0.2) is 0 Å². The highest BCUT2D eigenvalue weighted by Gasteiger charge is 2.27. The van der Waals surface area contributed by atoms with Crippen molar-refractivity contribution in [1.82, 2.24) is 18.9 Å². The fourth-order valence-corrected chi connectivity index (χ4v) is 4.13. The molecule has 0 saturated heterocycles. The van der Waals surface area contributed by atoms with Crippen molar-refractivity contribution in [1.29, 1.82) is 0 Å². The number of rotatable bonds is 2. The van der Waals surface area contributed by atoms with Crippen LogP contribution in [-0.4, -0.2) is 31.3 Å². The van der Waals surface area contributed by atoms with Crippen LogP contribution in [-0.2, 0) is 17.8 Å². The maximum absolute atomic E-state index is 12.9. The molecule has 3 aromatic heterocycles. The average Bonchev–Trinajstić information content (AvgIpc) is 3.19. The normalized spacial score (nSPS) is 15.5. The first-order valence-corrected chi connectivity index (χ1v) is 8.83. The Balaban J connectivity index is 1.65. The number of hydrogen-bond acceptors (Lipinski definition) is 4. The van der Waals surface area contributed by atoms with E-state index in [9.17, 15) is 9.59 Å². The number of aryl methyl sites for hydroxylation is 1. The molecule has 1 aliphatic rings. The molecule has 0 aromatic carbocycles. The smallest absolute Gasteiger partial charge is 0.259 e. The fourth-order valence-electron chi connectivity index (χ4n) is 3.24. The lowest BCUT2D eigenvalue weighted by molar-refractivity contribution is -0.135. The summed E-state index contributed by atoms with van der Waals surface area (Å²) in [6.45, 7) is 5.05. The Morgan fingerprint density at radius 3 is 3.04 bits per heavy atom. The summed E-state index contributed by atoms with van der Waals surface area (Å²) in [6.07, 6.45) is 4.33. The van der Waals surface area contributed by atoms with Gasteiger partial charge in [0, 0.05) is 42.1 Å². The average molecular weight is 342 g/mol. The molecule has 4 rings (SSSR count). The highest BCUT2D eigenvalue weighted by molar-refractivity contribution is 7.10. The summed E-state index contributed by atoms with van der Waals surface area (Å²) in [7, 11) is 0. The molecular weight excluding hydrogens is 324 g/mol. The summed E-state index contributed by atoms with van der Waals surface area (Å²) < 4.78 is 3.25. The van der Waals surface area contributed by atoms with Crippen LogP contribution in [0, 0.1) is 6.92 Å². The molecule has 0 aliphatic carbocycles. The van der Waals surface area contributed by atoms with Crippen LogP contribution in [0.2, 0.25) is 0 Å². The second-order valence-electron chi connectivity index (χ2n) is 6.17. The third-order valence-corrected chi connectivity index (χ3v) is 5.59.